The van der Waals surface area contributed by atoms with Crippen LogP contribution in [-0.2, 0) is 14.8 Å². The number of amides is 3. The van der Waals surface area contributed by atoms with Gasteiger partial charge in [-0.25, -0.2) is 17.9 Å². The number of sulfonamides is 1. The lowest BCUT2D eigenvalue weighted by Gasteiger charge is -2.26. The fourth-order valence-electron chi connectivity index (χ4n) is 3.49. The fourth-order valence-corrected chi connectivity index (χ4v) is 4.71. The molecular formula is C20H32N4O5S. The van der Waals surface area contributed by atoms with E-state index in [1.54, 1.807) is 25.1 Å². The van der Waals surface area contributed by atoms with Crippen molar-refractivity contribution in [2.24, 2.45) is 11.7 Å². The van der Waals surface area contributed by atoms with Gasteiger partial charge in [-0.05, 0) is 43.7 Å². The molecule has 1 aromatic rings. The second-order valence-corrected chi connectivity index (χ2v) is 9.83. The van der Waals surface area contributed by atoms with Crippen molar-refractivity contribution in [3.8, 4) is 0 Å². The molecule has 1 heterocycles. The Morgan fingerprint density at radius 3 is 2.60 bits per heavy atom. The van der Waals surface area contributed by atoms with Crippen LogP contribution in [0, 0.1) is 12.8 Å². The second kappa shape index (κ2) is 10.2. The van der Waals surface area contributed by atoms with Crippen LogP contribution >= 0.6 is 0 Å². The molecule has 1 saturated heterocycles. The van der Waals surface area contributed by atoms with Gasteiger partial charge in [0.25, 0.3) is 10.0 Å². The molecule has 0 saturated carbocycles. The lowest BCUT2D eigenvalue weighted by atomic mass is 10.0. The van der Waals surface area contributed by atoms with Crippen molar-refractivity contribution in [1.29, 1.82) is 0 Å². The highest BCUT2D eigenvalue weighted by atomic mass is 32.2. The highest BCUT2D eigenvalue weighted by molar-refractivity contribution is 7.90. The zero-order chi connectivity index (χ0) is 22.5. The van der Waals surface area contributed by atoms with Crippen LogP contribution < -0.4 is 15.8 Å². The van der Waals surface area contributed by atoms with E-state index in [0.29, 0.717) is 24.8 Å². The minimum absolute atomic E-state index is 0.0259. The Morgan fingerprint density at radius 2 is 1.97 bits per heavy atom. The van der Waals surface area contributed by atoms with Crippen LogP contribution in [0.3, 0.4) is 0 Å². The number of aliphatic hydroxyl groups is 1. The van der Waals surface area contributed by atoms with Gasteiger partial charge in [0.05, 0.1) is 29.6 Å². The highest BCUT2D eigenvalue weighted by Gasteiger charge is 2.31. The van der Waals surface area contributed by atoms with Crippen molar-refractivity contribution >= 4 is 22.0 Å². The molecule has 2 rings (SSSR count). The van der Waals surface area contributed by atoms with Crippen LogP contribution in [0.5, 0.6) is 0 Å². The van der Waals surface area contributed by atoms with E-state index in [0.717, 1.165) is 0 Å². The van der Waals surface area contributed by atoms with Crippen LogP contribution in [0.1, 0.15) is 38.7 Å². The van der Waals surface area contributed by atoms with Crippen LogP contribution in [0.2, 0.25) is 0 Å². The zero-order valence-electron chi connectivity index (χ0n) is 17.7. The molecule has 1 aliphatic heterocycles. The molecule has 5 N–H and O–H groups in total. The molecular weight excluding hydrogens is 408 g/mol. The summed E-state index contributed by atoms with van der Waals surface area (Å²) in [6.07, 6.45) is 0.448. The minimum atomic E-state index is -4.03. The van der Waals surface area contributed by atoms with E-state index in [1.807, 2.05) is 13.8 Å². The number of β-amino-alcohol motifs (C(OH)–C–C–N with tert-alkyl or cyclic N) is 1. The average molecular weight is 441 g/mol. The van der Waals surface area contributed by atoms with Crippen molar-refractivity contribution in [2.45, 2.75) is 63.1 Å². The number of likely N-dealkylation sites (tertiary alicyclic amines) is 1. The second-order valence-electron chi connectivity index (χ2n) is 8.18. The van der Waals surface area contributed by atoms with E-state index in [-0.39, 0.29) is 29.8 Å². The summed E-state index contributed by atoms with van der Waals surface area (Å²) < 4.78 is 27.2. The Kier molecular flexibility index (Phi) is 8.22. The first-order valence-corrected chi connectivity index (χ1v) is 11.6. The number of urea groups is 1. The van der Waals surface area contributed by atoms with Crippen LogP contribution in [0.25, 0.3) is 0 Å². The third-order valence-electron chi connectivity index (χ3n) is 5.10. The summed E-state index contributed by atoms with van der Waals surface area (Å²) in [5.41, 5.74) is 6.42. The Labute approximate surface area is 178 Å². The lowest BCUT2D eigenvalue weighted by Crippen LogP contribution is -2.52. The summed E-state index contributed by atoms with van der Waals surface area (Å²) in [6, 6.07) is 4.34. The first kappa shape index (κ1) is 24.1. The molecule has 10 heteroatoms. The Morgan fingerprint density at radius 1 is 1.30 bits per heavy atom. The molecule has 0 spiro atoms. The summed E-state index contributed by atoms with van der Waals surface area (Å²) in [5, 5.41) is 13.3. The number of nitrogens with one attached hydrogen (secondary N) is 2. The van der Waals surface area contributed by atoms with E-state index in [2.05, 4.69) is 10.0 Å². The number of rotatable bonds is 6. The number of benzene rings is 1. The molecule has 0 aromatic heterocycles. The van der Waals surface area contributed by atoms with Gasteiger partial charge in [-0.15, -0.1) is 0 Å². The van der Waals surface area contributed by atoms with Gasteiger partial charge >= 0.3 is 6.03 Å². The van der Waals surface area contributed by atoms with Crippen molar-refractivity contribution < 1.29 is 23.1 Å². The number of carbonyl (C=O) groups is 2. The van der Waals surface area contributed by atoms with Crippen LogP contribution in [-0.4, -0.2) is 61.6 Å². The number of nitrogens with zero attached hydrogens (tertiary/aromatic N) is 1. The third-order valence-corrected chi connectivity index (χ3v) is 6.58. The monoisotopic (exact) mass is 440 g/mol. The molecule has 0 radical (unpaired) electrons. The SMILES string of the molecule is Cc1ccccc1S(=O)(=O)NC(=O)N1CCCC(NC(=O)C(N)CC(C)C)[C@@H](O)C1. The summed E-state index contributed by atoms with van der Waals surface area (Å²) in [4.78, 5) is 26.1. The highest BCUT2D eigenvalue weighted by Crippen LogP contribution is 2.16. The van der Waals surface area contributed by atoms with E-state index in [1.165, 1.54) is 11.0 Å². The Hall–Kier alpha value is -2.17. The zero-order valence-corrected chi connectivity index (χ0v) is 18.5. The van der Waals surface area contributed by atoms with E-state index in [4.69, 9.17) is 5.73 Å². The maximum Gasteiger partial charge on any atom is 0.331 e. The standard InChI is InChI=1S/C20H32N4O5S/c1-13(2)11-15(21)19(26)22-16-8-6-10-24(12-17(16)25)20(27)23-30(28,29)18-9-5-4-7-14(18)3/h4-5,7,9,13,15-17,25H,6,8,10-12,21H2,1-3H3,(H,22,26)(H,23,27)/t15?,16?,17-/m0/s1. The molecule has 0 bridgehead atoms. The number of nitrogens with two attached hydrogens (primary N) is 1. The summed E-state index contributed by atoms with van der Waals surface area (Å²) in [5.74, 6) is -0.0769. The number of hydrogen-bond acceptors (Lipinski definition) is 6. The number of carbonyl (C=O) groups excluding carboxylic acids is 2. The van der Waals surface area contributed by atoms with Gasteiger partial charge in [0.2, 0.25) is 5.91 Å². The minimum Gasteiger partial charge on any atom is -0.389 e. The fraction of sp³-hybridized carbons (Fsp3) is 0.600. The lowest BCUT2D eigenvalue weighted by molar-refractivity contribution is -0.124. The van der Waals surface area contributed by atoms with Gasteiger partial charge in [-0.3, -0.25) is 4.79 Å². The molecule has 1 aromatic carbocycles. The smallest absolute Gasteiger partial charge is 0.331 e. The van der Waals surface area contributed by atoms with Crippen LogP contribution in [0.15, 0.2) is 29.2 Å². The molecule has 30 heavy (non-hydrogen) atoms. The van der Waals surface area contributed by atoms with Crippen LogP contribution in [0.4, 0.5) is 4.79 Å². The normalized spacial score (nSPS) is 21.1. The summed E-state index contributed by atoms with van der Waals surface area (Å²) in [7, 11) is -4.03. The number of hydrogen-bond donors (Lipinski definition) is 4. The van der Waals surface area contributed by atoms with Gasteiger partial charge in [0.15, 0.2) is 0 Å². The number of aliphatic hydroxyl groups excluding tert-OH is 1. The molecule has 2 unspecified atom stereocenters. The van der Waals surface area contributed by atoms with Gasteiger partial charge in [0.1, 0.15) is 0 Å². The molecule has 9 nitrogen and oxygen atoms in total. The first-order chi connectivity index (χ1) is 14.0. The van der Waals surface area contributed by atoms with Crippen molar-refractivity contribution in [2.75, 3.05) is 13.1 Å². The van der Waals surface area contributed by atoms with Crippen molar-refractivity contribution in [3.63, 3.8) is 0 Å². The molecule has 3 atom stereocenters. The van der Waals surface area contributed by atoms with E-state index in [9.17, 15) is 23.1 Å². The molecule has 0 aliphatic carbocycles. The van der Waals surface area contributed by atoms with E-state index < -0.39 is 34.2 Å². The van der Waals surface area contributed by atoms with Gasteiger partial charge in [-0.1, -0.05) is 32.0 Å². The maximum atomic E-state index is 12.6. The Balaban J connectivity index is 2.00. The molecule has 3 amide bonds. The first-order valence-electron chi connectivity index (χ1n) is 10.1. The maximum absolute atomic E-state index is 12.6. The average Bonchev–Trinajstić information content (AvgIpc) is 2.83. The Bertz CT molecular complexity index is 859. The molecule has 168 valence electrons. The van der Waals surface area contributed by atoms with E-state index >= 15 is 0 Å². The quantitative estimate of drug-likeness (QED) is 0.513. The van der Waals surface area contributed by atoms with Crippen molar-refractivity contribution in [1.82, 2.24) is 14.9 Å². The predicted molar refractivity (Wildman–Crippen MR) is 113 cm³/mol. The summed E-state index contributed by atoms with van der Waals surface area (Å²) >= 11 is 0. The summed E-state index contributed by atoms with van der Waals surface area (Å²) in [6.45, 7) is 5.74. The van der Waals surface area contributed by atoms with Gasteiger partial charge in [-0.2, -0.15) is 0 Å². The van der Waals surface area contributed by atoms with Gasteiger partial charge < -0.3 is 21.1 Å². The largest absolute Gasteiger partial charge is 0.389 e. The number of aryl methyl sites for hydroxylation is 1. The van der Waals surface area contributed by atoms with Gasteiger partial charge in [0, 0.05) is 6.54 Å². The predicted octanol–water partition coefficient (Wildman–Crippen LogP) is 0.708. The van der Waals surface area contributed by atoms with Crippen molar-refractivity contribution in [3.05, 3.63) is 29.8 Å². The molecule has 1 fully saturated rings. The molecule has 1 aliphatic rings. The third kappa shape index (κ3) is 6.41. The topological polar surface area (TPSA) is 142 Å².